The van der Waals surface area contributed by atoms with Gasteiger partial charge < -0.3 is 14.6 Å². The first kappa shape index (κ1) is 17.3. The number of methoxy groups -OCH3 is 1. The molecule has 1 fully saturated rings. The second-order valence-corrected chi connectivity index (χ2v) is 6.03. The number of hydrogen-bond acceptors (Lipinski definition) is 5. The molecule has 0 aliphatic carbocycles. The molecule has 1 saturated heterocycles. The minimum atomic E-state index is -1.13. The number of ether oxygens (including phenoxy) is 2. The van der Waals surface area contributed by atoms with Crippen LogP contribution >= 0.6 is 23.2 Å². The Kier molecular flexibility index (Phi) is 4.70. The highest BCUT2D eigenvalue weighted by Crippen LogP contribution is 2.41. The number of hydrogen-bond donors (Lipinski definition) is 1. The smallest absolute Gasteiger partial charge is 0.380 e. The number of ketones is 1. The summed E-state index contributed by atoms with van der Waals surface area (Å²) in [4.78, 5) is 24.0. The fourth-order valence-electron chi connectivity index (χ4n) is 2.53. The molecular weight excluding hydrogens is 367 g/mol. The van der Waals surface area contributed by atoms with E-state index >= 15 is 0 Å². The lowest BCUT2D eigenvalue weighted by Crippen LogP contribution is -2.08. The van der Waals surface area contributed by atoms with E-state index in [1.54, 1.807) is 42.5 Å². The molecule has 1 aliphatic rings. The number of aliphatic hydroxyl groups excluding tert-OH is 1. The maximum Gasteiger partial charge on any atom is 0.380 e. The van der Waals surface area contributed by atoms with Crippen LogP contribution in [0.25, 0.3) is 5.76 Å². The summed E-state index contributed by atoms with van der Waals surface area (Å²) in [5.41, 5.74) is 0.480. The molecule has 0 radical (unpaired) electrons. The minimum Gasteiger partial charge on any atom is -0.507 e. The average molecular weight is 379 g/mol. The summed E-state index contributed by atoms with van der Waals surface area (Å²) in [6.07, 6.45) is -1.13. The maximum atomic E-state index is 12.2. The lowest BCUT2D eigenvalue weighted by atomic mass is 9.96. The van der Waals surface area contributed by atoms with Gasteiger partial charge in [-0.2, -0.15) is 0 Å². The predicted octanol–water partition coefficient (Wildman–Crippen LogP) is 4.14. The van der Waals surface area contributed by atoms with Crippen LogP contribution in [0.5, 0.6) is 5.75 Å². The minimum absolute atomic E-state index is 0.150. The van der Waals surface area contributed by atoms with Crippen molar-refractivity contribution in [2.24, 2.45) is 0 Å². The molecule has 3 rings (SSSR count). The third-order valence-electron chi connectivity index (χ3n) is 3.80. The molecule has 0 saturated carbocycles. The van der Waals surface area contributed by atoms with E-state index < -0.39 is 17.9 Å². The second-order valence-electron chi connectivity index (χ2n) is 5.25. The standard InChI is InChI=1S/C18H12Cl2O5/c1-24-10-7-5-9(6-8-10)15(21)13-16(22)18(23)25-17(13)11-3-2-4-12(19)14(11)20/h2-8,17,21H,1H3/b15-13-. The zero-order valence-electron chi connectivity index (χ0n) is 13.0. The highest BCUT2D eigenvalue weighted by Gasteiger charge is 2.43. The Balaban J connectivity index is 2.13. The lowest BCUT2D eigenvalue weighted by Gasteiger charge is -2.14. The number of aliphatic hydroxyl groups is 1. The van der Waals surface area contributed by atoms with Crippen molar-refractivity contribution < 1.29 is 24.2 Å². The topological polar surface area (TPSA) is 72.8 Å². The van der Waals surface area contributed by atoms with Crippen LogP contribution in [0.3, 0.4) is 0 Å². The summed E-state index contributed by atoms with van der Waals surface area (Å²) in [6.45, 7) is 0. The molecule has 7 heteroatoms. The van der Waals surface area contributed by atoms with Crippen molar-refractivity contribution in [1.82, 2.24) is 0 Å². The first-order valence-corrected chi connectivity index (χ1v) is 7.96. The van der Waals surface area contributed by atoms with Gasteiger partial charge in [0.2, 0.25) is 0 Å². The summed E-state index contributed by atoms with van der Waals surface area (Å²) >= 11 is 12.2. The van der Waals surface area contributed by atoms with Gasteiger partial charge in [0.15, 0.2) is 6.10 Å². The molecule has 128 valence electrons. The van der Waals surface area contributed by atoms with Gasteiger partial charge in [0.1, 0.15) is 11.5 Å². The molecule has 2 aromatic carbocycles. The van der Waals surface area contributed by atoms with Crippen LogP contribution in [0.1, 0.15) is 17.2 Å². The van der Waals surface area contributed by atoms with E-state index in [1.165, 1.54) is 7.11 Å². The van der Waals surface area contributed by atoms with E-state index in [0.717, 1.165) is 0 Å². The molecule has 1 heterocycles. The number of halogens is 2. The van der Waals surface area contributed by atoms with E-state index in [0.29, 0.717) is 16.9 Å². The van der Waals surface area contributed by atoms with E-state index in [9.17, 15) is 14.7 Å². The first-order valence-electron chi connectivity index (χ1n) is 7.20. The highest BCUT2D eigenvalue weighted by molar-refractivity contribution is 6.45. The highest BCUT2D eigenvalue weighted by atomic mass is 35.5. The van der Waals surface area contributed by atoms with E-state index in [4.69, 9.17) is 32.7 Å². The van der Waals surface area contributed by atoms with Gasteiger partial charge in [-0.1, -0.05) is 35.3 Å². The molecule has 1 atom stereocenters. The fourth-order valence-corrected chi connectivity index (χ4v) is 2.93. The van der Waals surface area contributed by atoms with Crippen LogP contribution in [0.15, 0.2) is 48.0 Å². The number of cyclic esters (lactones) is 1. The van der Waals surface area contributed by atoms with Crippen LogP contribution in [0, 0.1) is 0 Å². The summed E-state index contributed by atoms with van der Waals surface area (Å²) in [6, 6.07) is 11.1. The Labute approximate surface area is 153 Å². The predicted molar refractivity (Wildman–Crippen MR) is 92.8 cm³/mol. The molecule has 1 unspecified atom stereocenters. The van der Waals surface area contributed by atoms with Gasteiger partial charge in [-0.05, 0) is 30.3 Å². The van der Waals surface area contributed by atoms with Gasteiger partial charge in [-0.15, -0.1) is 0 Å². The fraction of sp³-hybridized carbons (Fsp3) is 0.111. The number of benzene rings is 2. The van der Waals surface area contributed by atoms with Crippen molar-refractivity contribution in [3.63, 3.8) is 0 Å². The van der Waals surface area contributed by atoms with Gasteiger partial charge in [0, 0.05) is 11.1 Å². The van der Waals surface area contributed by atoms with Crippen molar-refractivity contribution in [3.8, 4) is 5.75 Å². The summed E-state index contributed by atoms with van der Waals surface area (Å²) in [5.74, 6) is -1.76. The van der Waals surface area contributed by atoms with Crippen LogP contribution in [-0.4, -0.2) is 24.0 Å². The summed E-state index contributed by atoms with van der Waals surface area (Å²) in [5, 5.41) is 11.0. The van der Waals surface area contributed by atoms with Crippen molar-refractivity contribution in [1.29, 1.82) is 0 Å². The molecule has 0 bridgehead atoms. The number of carbonyl (C=O) groups excluding carboxylic acids is 2. The summed E-state index contributed by atoms with van der Waals surface area (Å²) in [7, 11) is 1.51. The number of Topliss-reactive ketones (excluding diaryl/α,β-unsaturated/α-hetero) is 1. The average Bonchev–Trinajstić information content (AvgIpc) is 2.91. The zero-order chi connectivity index (χ0) is 18.1. The maximum absolute atomic E-state index is 12.2. The lowest BCUT2D eigenvalue weighted by molar-refractivity contribution is -0.149. The molecular formula is C18H12Cl2O5. The SMILES string of the molecule is COc1ccc(/C(O)=C2\C(=O)C(=O)OC2c2cccc(Cl)c2Cl)cc1. The third kappa shape index (κ3) is 3.08. The Morgan fingerprint density at radius 1 is 1.12 bits per heavy atom. The molecule has 25 heavy (non-hydrogen) atoms. The molecule has 1 aliphatic heterocycles. The number of rotatable bonds is 3. The van der Waals surface area contributed by atoms with Crippen molar-refractivity contribution in [2.75, 3.05) is 7.11 Å². The largest absolute Gasteiger partial charge is 0.507 e. The van der Waals surface area contributed by atoms with Crippen LogP contribution in [-0.2, 0) is 14.3 Å². The molecule has 0 spiro atoms. The van der Waals surface area contributed by atoms with Gasteiger partial charge in [-0.3, -0.25) is 4.79 Å². The van der Waals surface area contributed by atoms with Crippen LogP contribution in [0.2, 0.25) is 10.0 Å². The van der Waals surface area contributed by atoms with Gasteiger partial charge in [0.25, 0.3) is 5.78 Å². The Morgan fingerprint density at radius 2 is 1.80 bits per heavy atom. The molecule has 5 nitrogen and oxygen atoms in total. The van der Waals surface area contributed by atoms with E-state index in [1.807, 2.05) is 0 Å². The summed E-state index contributed by atoms with van der Waals surface area (Å²) < 4.78 is 10.2. The molecule has 0 aromatic heterocycles. The number of esters is 1. The second kappa shape index (κ2) is 6.78. The van der Waals surface area contributed by atoms with Crippen LogP contribution < -0.4 is 4.74 Å². The van der Waals surface area contributed by atoms with E-state index in [2.05, 4.69) is 0 Å². The Hall–Kier alpha value is -2.50. The normalized spacial score (nSPS) is 18.9. The monoisotopic (exact) mass is 378 g/mol. The first-order chi connectivity index (χ1) is 11.9. The van der Waals surface area contributed by atoms with Gasteiger partial charge in [-0.25, -0.2) is 4.79 Å². The van der Waals surface area contributed by atoms with Gasteiger partial charge in [0.05, 0.1) is 22.7 Å². The third-order valence-corrected chi connectivity index (χ3v) is 4.63. The van der Waals surface area contributed by atoms with E-state index in [-0.39, 0.29) is 21.4 Å². The molecule has 2 aromatic rings. The zero-order valence-corrected chi connectivity index (χ0v) is 14.5. The Bertz CT molecular complexity index is 887. The Morgan fingerprint density at radius 3 is 2.44 bits per heavy atom. The van der Waals surface area contributed by atoms with Gasteiger partial charge >= 0.3 is 5.97 Å². The number of carbonyl (C=O) groups is 2. The van der Waals surface area contributed by atoms with Crippen molar-refractivity contribution in [2.45, 2.75) is 6.10 Å². The van der Waals surface area contributed by atoms with Crippen LogP contribution in [0.4, 0.5) is 0 Å². The molecule has 0 amide bonds. The molecule has 1 N–H and O–H groups in total. The van der Waals surface area contributed by atoms with Crippen molar-refractivity contribution >= 4 is 40.7 Å². The van der Waals surface area contributed by atoms with Crippen molar-refractivity contribution in [3.05, 3.63) is 69.2 Å². The quantitative estimate of drug-likeness (QED) is 0.376.